The van der Waals surface area contributed by atoms with E-state index in [-0.39, 0.29) is 0 Å². The van der Waals surface area contributed by atoms with Gasteiger partial charge >= 0.3 is 0 Å². The molecule has 2 aromatic heterocycles. The van der Waals surface area contributed by atoms with Crippen LogP contribution in [0.25, 0.3) is 93.0 Å². The van der Waals surface area contributed by atoms with Gasteiger partial charge < -0.3 is 4.57 Å². The first-order chi connectivity index (χ1) is 23.3. The maximum Gasteiger partial charge on any atom is 0.0998 e. The van der Waals surface area contributed by atoms with Crippen LogP contribution in [-0.4, -0.2) is 9.55 Å². The Bertz CT molecular complexity index is 2890. The van der Waals surface area contributed by atoms with E-state index in [2.05, 4.69) is 144 Å². The molecule has 10 rings (SSSR count). The van der Waals surface area contributed by atoms with E-state index >= 15 is 0 Å². The maximum absolute atomic E-state index is 9.95. The van der Waals surface area contributed by atoms with Gasteiger partial charge in [-0.15, -0.1) is 0 Å². The summed E-state index contributed by atoms with van der Waals surface area (Å²) < 4.78 is 2.31. The number of pyridine rings is 1. The first kappa shape index (κ1) is 25.8. The zero-order valence-corrected chi connectivity index (χ0v) is 25.3. The highest BCUT2D eigenvalue weighted by Gasteiger charge is 2.21. The summed E-state index contributed by atoms with van der Waals surface area (Å²) in [7, 11) is 0. The van der Waals surface area contributed by atoms with Crippen molar-refractivity contribution in [3.05, 3.63) is 157 Å². The molecule has 0 aliphatic carbocycles. The molecule has 3 nitrogen and oxygen atoms in total. The molecule has 0 saturated carbocycles. The fraction of sp³-hybridized carbons (Fsp3) is 0. The largest absolute Gasteiger partial charge is 0.309 e. The number of fused-ring (bicyclic) bond motifs is 5. The highest BCUT2D eigenvalue weighted by molar-refractivity contribution is 6.27. The SMILES string of the molecule is N#Cc1ccc2c3c1ccc1c(-c4ccc(-c5cc6c7ccccc7ccc6c6ccccc56)cn4)ccc(c13)n2-c1ccccc1. The molecular formula is C44H25N3. The van der Waals surface area contributed by atoms with Crippen LogP contribution >= 0.6 is 0 Å². The Morgan fingerprint density at radius 2 is 1.17 bits per heavy atom. The van der Waals surface area contributed by atoms with Gasteiger partial charge in [-0.3, -0.25) is 4.98 Å². The second-order valence-electron chi connectivity index (χ2n) is 12.2. The summed E-state index contributed by atoms with van der Waals surface area (Å²) >= 11 is 0. The molecule has 216 valence electrons. The minimum atomic E-state index is 0.690. The number of hydrogen-bond donors (Lipinski definition) is 0. The predicted molar refractivity (Wildman–Crippen MR) is 195 cm³/mol. The molecule has 2 heterocycles. The number of para-hydroxylation sites is 1. The van der Waals surface area contributed by atoms with Crippen molar-refractivity contribution in [2.24, 2.45) is 0 Å². The Hall–Kier alpha value is -6.50. The average Bonchev–Trinajstić information content (AvgIpc) is 3.49. The Kier molecular flexibility index (Phi) is 5.35. The van der Waals surface area contributed by atoms with E-state index in [9.17, 15) is 5.26 Å². The van der Waals surface area contributed by atoms with Crippen LogP contribution in [0.2, 0.25) is 0 Å². The molecule has 47 heavy (non-hydrogen) atoms. The van der Waals surface area contributed by atoms with Gasteiger partial charge in [0.15, 0.2) is 0 Å². The lowest BCUT2D eigenvalue weighted by atomic mass is 9.91. The summed E-state index contributed by atoms with van der Waals surface area (Å²) in [4.78, 5) is 5.10. The minimum absolute atomic E-state index is 0.690. The van der Waals surface area contributed by atoms with Gasteiger partial charge in [-0.1, -0.05) is 103 Å². The molecule has 0 bridgehead atoms. The van der Waals surface area contributed by atoms with Crippen LogP contribution in [0.5, 0.6) is 0 Å². The fourth-order valence-corrected chi connectivity index (χ4v) is 7.75. The van der Waals surface area contributed by atoms with Crippen molar-refractivity contribution in [1.29, 1.82) is 5.26 Å². The van der Waals surface area contributed by atoms with Crippen molar-refractivity contribution >= 4 is 64.9 Å². The normalized spacial score (nSPS) is 11.8. The van der Waals surface area contributed by atoms with Crippen LogP contribution in [0.15, 0.2) is 152 Å². The molecule has 0 fully saturated rings. The van der Waals surface area contributed by atoms with E-state index in [0.717, 1.165) is 55.1 Å². The topological polar surface area (TPSA) is 41.6 Å². The van der Waals surface area contributed by atoms with Gasteiger partial charge in [-0.25, -0.2) is 0 Å². The highest BCUT2D eigenvalue weighted by atomic mass is 15.0. The van der Waals surface area contributed by atoms with Crippen LogP contribution in [0, 0.1) is 11.3 Å². The zero-order valence-electron chi connectivity index (χ0n) is 25.3. The monoisotopic (exact) mass is 595 g/mol. The molecule has 0 N–H and O–H groups in total. The van der Waals surface area contributed by atoms with Crippen molar-refractivity contribution in [3.8, 4) is 34.1 Å². The number of benzene rings is 8. The van der Waals surface area contributed by atoms with E-state index < -0.39 is 0 Å². The molecular weight excluding hydrogens is 571 g/mol. The van der Waals surface area contributed by atoms with Crippen molar-refractivity contribution in [2.45, 2.75) is 0 Å². The molecule has 0 aliphatic rings. The maximum atomic E-state index is 9.95. The standard InChI is InChI=1S/C44H25N3/c45-25-28-16-22-41-43-32(28)18-19-37-36(20-23-42(44(37)43)47(41)30-9-2-1-3-10-30)40-21-15-29(26-46-40)38-24-39-31-11-5-4-8-27(31)14-17-35(39)33-12-6-7-13-34(33)38/h1-24,26H. The van der Waals surface area contributed by atoms with Gasteiger partial charge in [-0.2, -0.15) is 5.26 Å². The van der Waals surface area contributed by atoms with Gasteiger partial charge in [0.05, 0.1) is 28.4 Å². The lowest BCUT2D eigenvalue weighted by Crippen LogP contribution is -1.93. The Morgan fingerprint density at radius 3 is 1.98 bits per heavy atom. The Balaban J connectivity index is 1.18. The summed E-state index contributed by atoms with van der Waals surface area (Å²) in [5.41, 5.74) is 8.28. The van der Waals surface area contributed by atoms with Gasteiger partial charge in [-0.05, 0) is 85.7 Å². The highest BCUT2D eigenvalue weighted by Crippen LogP contribution is 2.44. The summed E-state index contributed by atoms with van der Waals surface area (Å²) in [6, 6.07) is 54.0. The predicted octanol–water partition coefficient (Wildman–Crippen LogP) is 11.4. The summed E-state index contributed by atoms with van der Waals surface area (Å²) in [6.45, 7) is 0. The van der Waals surface area contributed by atoms with E-state index in [0.29, 0.717) is 5.56 Å². The van der Waals surface area contributed by atoms with Gasteiger partial charge in [0.2, 0.25) is 0 Å². The van der Waals surface area contributed by atoms with Crippen LogP contribution in [0.1, 0.15) is 5.56 Å². The third-order valence-corrected chi connectivity index (χ3v) is 9.85. The van der Waals surface area contributed by atoms with Crippen LogP contribution in [-0.2, 0) is 0 Å². The fourth-order valence-electron chi connectivity index (χ4n) is 7.75. The molecule has 0 saturated heterocycles. The molecule has 0 spiro atoms. The van der Waals surface area contributed by atoms with Crippen LogP contribution in [0.4, 0.5) is 0 Å². The van der Waals surface area contributed by atoms with Gasteiger partial charge in [0, 0.05) is 39.2 Å². The second kappa shape index (κ2) is 9.75. The van der Waals surface area contributed by atoms with E-state index in [1.54, 1.807) is 0 Å². The van der Waals surface area contributed by atoms with Crippen molar-refractivity contribution < 1.29 is 0 Å². The molecule has 0 atom stereocenters. The van der Waals surface area contributed by atoms with Gasteiger partial charge in [0.1, 0.15) is 0 Å². The number of nitriles is 1. The smallest absolute Gasteiger partial charge is 0.0998 e. The lowest BCUT2D eigenvalue weighted by molar-refractivity contribution is 1.18. The van der Waals surface area contributed by atoms with Crippen molar-refractivity contribution in [3.63, 3.8) is 0 Å². The summed E-state index contributed by atoms with van der Waals surface area (Å²) in [6.07, 6.45) is 2.02. The third-order valence-electron chi connectivity index (χ3n) is 9.85. The second-order valence-corrected chi connectivity index (χ2v) is 12.2. The molecule has 0 unspecified atom stereocenters. The summed E-state index contributed by atoms with van der Waals surface area (Å²) in [5.74, 6) is 0. The van der Waals surface area contributed by atoms with Gasteiger partial charge in [0.25, 0.3) is 0 Å². The van der Waals surface area contributed by atoms with Crippen molar-refractivity contribution in [2.75, 3.05) is 0 Å². The van der Waals surface area contributed by atoms with E-state index in [1.807, 2.05) is 18.3 Å². The molecule has 0 amide bonds. The Morgan fingerprint density at radius 1 is 0.489 bits per heavy atom. The van der Waals surface area contributed by atoms with E-state index in [4.69, 9.17) is 4.98 Å². The first-order valence-electron chi connectivity index (χ1n) is 15.9. The molecule has 3 heteroatoms. The molecule has 0 radical (unpaired) electrons. The number of hydrogen-bond acceptors (Lipinski definition) is 2. The molecule has 8 aromatic carbocycles. The third kappa shape index (κ3) is 3.64. The van der Waals surface area contributed by atoms with Crippen LogP contribution < -0.4 is 0 Å². The quantitative estimate of drug-likeness (QED) is 0.191. The lowest BCUT2D eigenvalue weighted by Gasteiger charge is -2.14. The molecule has 0 aliphatic heterocycles. The van der Waals surface area contributed by atoms with Crippen LogP contribution in [0.3, 0.4) is 0 Å². The van der Waals surface area contributed by atoms with E-state index in [1.165, 1.54) is 37.9 Å². The number of aromatic nitrogens is 2. The Labute approximate surface area is 270 Å². The number of rotatable bonds is 3. The minimum Gasteiger partial charge on any atom is -0.309 e. The van der Waals surface area contributed by atoms with Crippen molar-refractivity contribution in [1.82, 2.24) is 9.55 Å². The summed E-state index contributed by atoms with van der Waals surface area (Å²) in [5, 5.41) is 21.8. The first-order valence-corrected chi connectivity index (χ1v) is 15.9. The zero-order chi connectivity index (χ0) is 31.1. The number of nitrogens with zero attached hydrogens (tertiary/aromatic N) is 3. The average molecular weight is 596 g/mol. The molecule has 10 aromatic rings.